The Balaban J connectivity index is 2.98. The molecule has 0 fully saturated rings. The molecule has 1 aromatic heterocycles. The first kappa shape index (κ1) is 12.9. The third kappa shape index (κ3) is 2.90. The Labute approximate surface area is 97.6 Å². The number of aliphatic hydroxyl groups is 3. The van der Waals surface area contributed by atoms with Crippen molar-refractivity contribution in [3.8, 4) is 6.07 Å². The molecule has 6 heteroatoms. The van der Waals surface area contributed by atoms with Crippen molar-refractivity contribution in [2.24, 2.45) is 0 Å². The number of halogens is 1. The lowest BCUT2D eigenvalue weighted by Crippen LogP contribution is -2.20. The van der Waals surface area contributed by atoms with Gasteiger partial charge in [0.05, 0.1) is 11.7 Å². The van der Waals surface area contributed by atoms with Crippen LogP contribution in [0, 0.1) is 11.3 Å². The maximum atomic E-state index is 9.73. The fraction of sp³-hybridized carbons (Fsp3) is 0.400. The predicted molar refractivity (Wildman–Crippen MR) is 56.6 cm³/mol. The van der Waals surface area contributed by atoms with Crippen molar-refractivity contribution < 1.29 is 15.3 Å². The van der Waals surface area contributed by atoms with E-state index in [2.05, 4.69) is 4.98 Å². The Morgan fingerprint density at radius 1 is 1.50 bits per heavy atom. The van der Waals surface area contributed by atoms with Gasteiger partial charge in [0.25, 0.3) is 0 Å². The Morgan fingerprint density at radius 2 is 2.19 bits per heavy atom. The topological polar surface area (TPSA) is 97.4 Å². The fourth-order valence-corrected chi connectivity index (χ4v) is 1.45. The highest BCUT2D eigenvalue weighted by molar-refractivity contribution is 6.30. The second kappa shape index (κ2) is 5.77. The monoisotopic (exact) mass is 242 g/mol. The van der Waals surface area contributed by atoms with Gasteiger partial charge in [0.1, 0.15) is 17.3 Å². The molecule has 0 saturated heterocycles. The normalized spacial score (nSPS) is 14.2. The molecule has 0 aliphatic rings. The minimum Gasteiger partial charge on any atom is -0.396 e. The van der Waals surface area contributed by atoms with E-state index in [-0.39, 0.29) is 29.3 Å². The van der Waals surface area contributed by atoms with Crippen LogP contribution in [-0.4, -0.2) is 33.0 Å². The first-order valence-corrected chi connectivity index (χ1v) is 5.00. The summed E-state index contributed by atoms with van der Waals surface area (Å²) in [4.78, 5) is 3.72. The summed E-state index contributed by atoms with van der Waals surface area (Å²) in [5.74, 6) is 0. The quantitative estimate of drug-likeness (QED) is 0.664. The highest BCUT2D eigenvalue weighted by Gasteiger charge is 2.21. The van der Waals surface area contributed by atoms with E-state index in [1.54, 1.807) is 0 Å². The molecule has 0 saturated carbocycles. The molecule has 0 bridgehead atoms. The first-order valence-electron chi connectivity index (χ1n) is 4.62. The van der Waals surface area contributed by atoms with E-state index < -0.39 is 12.2 Å². The molecule has 0 aliphatic heterocycles. The van der Waals surface area contributed by atoms with Gasteiger partial charge in [-0.15, -0.1) is 0 Å². The summed E-state index contributed by atoms with van der Waals surface area (Å²) in [7, 11) is 0. The highest BCUT2D eigenvalue weighted by atomic mass is 35.5. The molecular formula is C10H11ClN2O3. The zero-order chi connectivity index (χ0) is 12.1. The molecule has 16 heavy (non-hydrogen) atoms. The summed E-state index contributed by atoms with van der Waals surface area (Å²) in [6.07, 6.45) is -1.11. The second-order valence-corrected chi connectivity index (χ2v) is 3.60. The van der Waals surface area contributed by atoms with Crippen LogP contribution in [0.25, 0.3) is 0 Å². The average molecular weight is 243 g/mol. The van der Waals surface area contributed by atoms with Crippen molar-refractivity contribution in [1.29, 1.82) is 5.26 Å². The van der Waals surface area contributed by atoms with Gasteiger partial charge in [-0.1, -0.05) is 11.6 Å². The maximum absolute atomic E-state index is 9.73. The van der Waals surface area contributed by atoms with E-state index in [9.17, 15) is 10.2 Å². The lowest BCUT2D eigenvalue weighted by atomic mass is 10.0. The van der Waals surface area contributed by atoms with Gasteiger partial charge in [0.2, 0.25) is 0 Å². The van der Waals surface area contributed by atoms with Crippen molar-refractivity contribution in [3.63, 3.8) is 0 Å². The number of rotatable bonds is 4. The number of pyridine rings is 1. The Morgan fingerprint density at radius 3 is 2.75 bits per heavy atom. The first-order chi connectivity index (χ1) is 7.60. The van der Waals surface area contributed by atoms with Crippen LogP contribution in [0.3, 0.4) is 0 Å². The highest BCUT2D eigenvalue weighted by Crippen LogP contribution is 2.25. The summed E-state index contributed by atoms with van der Waals surface area (Å²) < 4.78 is 0. The Bertz CT molecular complexity index is 406. The minimum atomic E-state index is -1.26. The van der Waals surface area contributed by atoms with Crippen molar-refractivity contribution in [2.45, 2.75) is 18.6 Å². The molecule has 0 spiro atoms. The molecule has 0 aromatic carbocycles. The number of aromatic nitrogens is 1. The van der Waals surface area contributed by atoms with Gasteiger partial charge in [-0.05, 0) is 12.5 Å². The smallest absolute Gasteiger partial charge is 0.134 e. The number of hydrogen-bond acceptors (Lipinski definition) is 5. The molecule has 0 aliphatic carbocycles. The van der Waals surface area contributed by atoms with Crippen LogP contribution in [0.4, 0.5) is 0 Å². The summed E-state index contributed by atoms with van der Waals surface area (Å²) in [5, 5.41) is 36.5. The van der Waals surface area contributed by atoms with E-state index in [0.29, 0.717) is 0 Å². The van der Waals surface area contributed by atoms with Crippen LogP contribution in [-0.2, 0) is 0 Å². The van der Waals surface area contributed by atoms with E-state index in [4.69, 9.17) is 22.0 Å². The Hall–Kier alpha value is -1.19. The van der Waals surface area contributed by atoms with Gasteiger partial charge < -0.3 is 15.3 Å². The summed E-state index contributed by atoms with van der Waals surface area (Å²) in [5.41, 5.74) is 0.427. The third-order valence-corrected chi connectivity index (χ3v) is 2.42. The molecule has 2 unspecified atom stereocenters. The van der Waals surface area contributed by atoms with Crippen LogP contribution in [0.15, 0.2) is 12.3 Å². The van der Waals surface area contributed by atoms with Crippen molar-refractivity contribution in [1.82, 2.24) is 4.98 Å². The average Bonchev–Trinajstić information content (AvgIpc) is 2.29. The zero-order valence-electron chi connectivity index (χ0n) is 8.34. The second-order valence-electron chi connectivity index (χ2n) is 3.24. The number of aliphatic hydroxyl groups excluding tert-OH is 3. The lowest BCUT2D eigenvalue weighted by molar-refractivity contribution is 0.00408. The van der Waals surface area contributed by atoms with E-state index in [1.807, 2.05) is 6.07 Å². The number of nitriles is 1. The molecule has 1 rings (SSSR count). The molecule has 3 N–H and O–H groups in total. The van der Waals surface area contributed by atoms with Gasteiger partial charge in [-0.25, -0.2) is 4.98 Å². The molecule has 0 radical (unpaired) electrons. The van der Waals surface area contributed by atoms with Gasteiger partial charge in [-0.3, -0.25) is 0 Å². The predicted octanol–water partition coefficient (Wildman–Crippen LogP) is 0.383. The largest absolute Gasteiger partial charge is 0.396 e. The van der Waals surface area contributed by atoms with Crippen LogP contribution >= 0.6 is 11.6 Å². The molecule has 1 heterocycles. The van der Waals surface area contributed by atoms with Gasteiger partial charge in [0.15, 0.2) is 0 Å². The zero-order valence-corrected chi connectivity index (χ0v) is 9.09. The maximum Gasteiger partial charge on any atom is 0.134 e. The van der Waals surface area contributed by atoms with Crippen molar-refractivity contribution >= 4 is 11.6 Å². The van der Waals surface area contributed by atoms with E-state index in [1.165, 1.54) is 12.3 Å². The van der Waals surface area contributed by atoms with Crippen LogP contribution in [0.2, 0.25) is 5.15 Å². The Kier molecular flexibility index (Phi) is 4.65. The van der Waals surface area contributed by atoms with Crippen LogP contribution in [0.1, 0.15) is 23.7 Å². The van der Waals surface area contributed by atoms with Crippen LogP contribution < -0.4 is 0 Å². The van der Waals surface area contributed by atoms with Gasteiger partial charge in [0, 0.05) is 18.4 Å². The molecule has 5 nitrogen and oxygen atoms in total. The van der Waals surface area contributed by atoms with Crippen molar-refractivity contribution in [3.05, 3.63) is 28.5 Å². The summed E-state index contributed by atoms with van der Waals surface area (Å²) in [6.45, 7) is -0.249. The SMILES string of the molecule is N#Cc1cnc(Cl)c(C(O)C(O)CCO)c1. The fourth-order valence-electron chi connectivity index (χ4n) is 1.23. The number of hydrogen-bond donors (Lipinski definition) is 3. The van der Waals surface area contributed by atoms with Gasteiger partial charge >= 0.3 is 0 Å². The van der Waals surface area contributed by atoms with E-state index >= 15 is 0 Å². The van der Waals surface area contributed by atoms with Crippen molar-refractivity contribution in [2.75, 3.05) is 6.61 Å². The van der Waals surface area contributed by atoms with E-state index in [0.717, 1.165) is 0 Å². The third-order valence-electron chi connectivity index (χ3n) is 2.10. The molecule has 1 aromatic rings. The van der Waals surface area contributed by atoms with Gasteiger partial charge in [-0.2, -0.15) is 5.26 Å². The molecular weight excluding hydrogens is 232 g/mol. The molecule has 0 amide bonds. The minimum absolute atomic E-state index is 0.0221. The standard InChI is InChI=1S/C10H11ClN2O3/c11-10-7(3-6(4-12)5-13-10)9(16)8(15)1-2-14/h3,5,8-9,14-16H,1-2H2. The van der Waals surface area contributed by atoms with Crippen LogP contribution in [0.5, 0.6) is 0 Å². The molecule has 86 valence electrons. The number of nitrogens with zero attached hydrogens (tertiary/aromatic N) is 2. The lowest BCUT2D eigenvalue weighted by Gasteiger charge is -2.17. The summed E-state index contributed by atoms with van der Waals surface area (Å²) >= 11 is 5.74. The summed E-state index contributed by atoms with van der Waals surface area (Å²) in [6, 6.07) is 3.22. The molecule has 2 atom stereocenters.